The first-order valence-electron chi connectivity index (χ1n) is 6.22. The number of aliphatic hydroxyl groups is 1. The minimum Gasteiger partial charge on any atom is -0.490 e. The Morgan fingerprint density at radius 1 is 1.35 bits per heavy atom. The molecule has 1 heterocycles. The fourth-order valence-corrected chi connectivity index (χ4v) is 3.70. The molecule has 1 aliphatic heterocycles. The van der Waals surface area contributed by atoms with Crippen LogP contribution in [-0.4, -0.2) is 50.1 Å². The van der Waals surface area contributed by atoms with Crippen LogP contribution in [0.2, 0.25) is 0 Å². The topological polar surface area (TPSA) is 89.9 Å². The number of hydrogen-bond acceptors (Lipinski definition) is 6. The molecule has 0 aromatic heterocycles. The lowest BCUT2D eigenvalue weighted by Gasteiger charge is -2.18. The van der Waals surface area contributed by atoms with E-state index in [0.29, 0.717) is 30.0 Å². The van der Waals surface area contributed by atoms with Crippen molar-refractivity contribution in [2.75, 3.05) is 18.1 Å². The van der Waals surface area contributed by atoms with Crippen LogP contribution in [0.5, 0.6) is 11.5 Å². The molecule has 2 unspecified atom stereocenters. The molecule has 1 N–H and O–H groups in total. The number of carbonyl (C=O) groups is 1. The molecule has 0 spiro atoms. The summed E-state index contributed by atoms with van der Waals surface area (Å²) in [6.45, 7) is 2.16. The van der Waals surface area contributed by atoms with Crippen LogP contribution >= 0.6 is 0 Å². The van der Waals surface area contributed by atoms with Crippen molar-refractivity contribution in [3.05, 3.63) is 23.8 Å². The minimum absolute atomic E-state index is 0.227. The average molecular weight is 300 g/mol. The Bertz CT molecular complexity index is 595. The van der Waals surface area contributed by atoms with Crippen molar-refractivity contribution >= 4 is 16.1 Å². The van der Waals surface area contributed by atoms with Crippen molar-refractivity contribution in [3.63, 3.8) is 0 Å². The highest BCUT2D eigenvalue weighted by Gasteiger charge is 2.38. The van der Waals surface area contributed by atoms with E-state index in [4.69, 9.17) is 9.47 Å². The van der Waals surface area contributed by atoms with Crippen molar-refractivity contribution in [2.24, 2.45) is 0 Å². The SMILES string of the molecule is CCOc1cc(C=O)ccc1OC1CS(=O)(=O)CC1O. The van der Waals surface area contributed by atoms with Gasteiger partial charge in [0.1, 0.15) is 18.5 Å². The summed E-state index contributed by atoms with van der Waals surface area (Å²) in [5, 5.41) is 9.71. The Kier molecular flexibility index (Phi) is 4.29. The molecule has 110 valence electrons. The van der Waals surface area contributed by atoms with Gasteiger partial charge in [0.25, 0.3) is 0 Å². The van der Waals surface area contributed by atoms with Crippen molar-refractivity contribution in [2.45, 2.75) is 19.1 Å². The Hall–Kier alpha value is -1.60. The van der Waals surface area contributed by atoms with Crippen molar-refractivity contribution in [1.82, 2.24) is 0 Å². The van der Waals surface area contributed by atoms with Crippen LogP contribution in [0.25, 0.3) is 0 Å². The summed E-state index contributed by atoms with van der Waals surface area (Å²) in [5.41, 5.74) is 0.431. The molecular formula is C13H16O6S. The Balaban J connectivity index is 2.22. The lowest BCUT2D eigenvalue weighted by molar-refractivity contribution is 0.0713. The number of aldehydes is 1. The maximum absolute atomic E-state index is 11.4. The molecule has 0 bridgehead atoms. The summed E-state index contributed by atoms with van der Waals surface area (Å²) in [6.07, 6.45) is -1.19. The van der Waals surface area contributed by atoms with E-state index in [1.54, 1.807) is 13.0 Å². The summed E-state index contributed by atoms with van der Waals surface area (Å²) in [7, 11) is -3.27. The molecule has 20 heavy (non-hydrogen) atoms. The summed E-state index contributed by atoms with van der Waals surface area (Å²) < 4.78 is 33.8. The molecule has 1 aromatic rings. The van der Waals surface area contributed by atoms with E-state index in [9.17, 15) is 18.3 Å². The molecule has 1 aromatic carbocycles. The maximum Gasteiger partial charge on any atom is 0.161 e. The molecule has 0 saturated carbocycles. The molecular weight excluding hydrogens is 284 g/mol. The molecule has 7 heteroatoms. The molecule has 2 atom stereocenters. The molecule has 0 amide bonds. The van der Waals surface area contributed by atoms with Gasteiger partial charge in [-0.1, -0.05) is 0 Å². The van der Waals surface area contributed by atoms with Gasteiger partial charge in [0.15, 0.2) is 21.3 Å². The summed E-state index contributed by atoms with van der Waals surface area (Å²) in [6, 6.07) is 4.59. The zero-order chi connectivity index (χ0) is 14.8. The van der Waals surface area contributed by atoms with Gasteiger partial charge < -0.3 is 14.6 Å². The van der Waals surface area contributed by atoms with Gasteiger partial charge in [-0.05, 0) is 25.1 Å². The monoisotopic (exact) mass is 300 g/mol. The fourth-order valence-electron chi connectivity index (χ4n) is 2.04. The first kappa shape index (κ1) is 14.8. The highest BCUT2D eigenvalue weighted by Crippen LogP contribution is 2.31. The van der Waals surface area contributed by atoms with Gasteiger partial charge in [-0.15, -0.1) is 0 Å². The minimum atomic E-state index is -3.27. The standard InChI is InChI=1S/C13H16O6S/c1-2-18-12-5-9(6-14)3-4-11(12)19-13-8-20(16,17)7-10(13)15/h3-6,10,13,15H,2,7-8H2,1H3. The third-order valence-corrected chi connectivity index (χ3v) is 4.64. The molecule has 2 rings (SSSR count). The van der Waals surface area contributed by atoms with Crippen molar-refractivity contribution < 1.29 is 27.8 Å². The van der Waals surface area contributed by atoms with Gasteiger partial charge in [0.2, 0.25) is 0 Å². The second-order valence-corrected chi connectivity index (χ2v) is 6.71. The number of carbonyl (C=O) groups excluding carboxylic acids is 1. The normalized spacial score (nSPS) is 24.3. The zero-order valence-electron chi connectivity index (χ0n) is 11.0. The Labute approximate surface area is 117 Å². The third kappa shape index (κ3) is 3.29. The quantitative estimate of drug-likeness (QED) is 0.793. The van der Waals surface area contributed by atoms with Crippen LogP contribution < -0.4 is 9.47 Å². The summed E-state index contributed by atoms with van der Waals surface area (Å²) in [5.74, 6) is 0.149. The van der Waals surface area contributed by atoms with Gasteiger partial charge in [0.05, 0.1) is 18.1 Å². The predicted octanol–water partition coefficient (Wildman–Crippen LogP) is 0.434. The smallest absolute Gasteiger partial charge is 0.161 e. The van der Waals surface area contributed by atoms with Crippen LogP contribution in [0, 0.1) is 0 Å². The molecule has 0 aliphatic carbocycles. The molecule has 1 saturated heterocycles. The molecule has 0 radical (unpaired) electrons. The van der Waals surface area contributed by atoms with Gasteiger partial charge in [-0.2, -0.15) is 0 Å². The van der Waals surface area contributed by atoms with E-state index in [1.807, 2.05) is 0 Å². The lowest BCUT2D eigenvalue weighted by atomic mass is 10.2. The Morgan fingerprint density at radius 2 is 2.10 bits per heavy atom. The number of benzene rings is 1. The van der Waals surface area contributed by atoms with Crippen LogP contribution in [0.15, 0.2) is 18.2 Å². The molecule has 1 aliphatic rings. The summed E-state index contributed by atoms with van der Waals surface area (Å²) >= 11 is 0. The van der Waals surface area contributed by atoms with E-state index in [-0.39, 0.29) is 11.5 Å². The van der Waals surface area contributed by atoms with Crippen molar-refractivity contribution in [3.8, 4) is 11.5 Å². The summed E-state index contributed by atoms with van der Waals surface area (Å²) in [4.78, 5) is 10.7. The van der Waals surface area contributed by atoms with E-state index < -0.39 is 22.0 Å². The van der Waals surface area contributed by atoms with Gasteiger partial charge in [-0.3, -0.25) is 4.79 Å². The number of hydrogen-bond donors (Lipinski definition) is 1. The largest absolute Gasteiger partial charge is 0.490 e. The Morgan fingerprint density at radius 3 is 2.65 bits per heavy atom. The number of aliphatic hydroxyl groups excluding tert-OH is 1. The van der Waals surface area contributed by atoms with Crippen LogP contribution in [0.1, 0.15) is 17.3 Å². The van der Waals surface area contributed by atoms with Crippen LogP contribution in [0.4, 0.5) is 0 Å². The number of rotatable bonds is 5. The highest BCUT2D eigenvalue weighted by molar-refractivity contribution is 7.91. The van der Waals surface area contributed by atoms with E-state index in [1.165, 1.54) is 12.1 Å². The van der Waals surface area contributed by atoms with Gasteiger partial charge >= 0.3 is 0 Å². The first-order valence-corrected chi connectivity index (χ1v) is 8.04. The van der Waals surface area contributed by atoms with E-state index >= 15 is 0 Å². The zero-order valence-corrected chi connectivity index (χ0v) is 11.8. The fraction of sp³-hybridized carbons (Fsp3) is 0.462. The van der Waals surface area contributed by atoms with Gasteiger partial charge in [-0.25, -0.2) is 8.42 Å². The van der Waals surface area contributed by atoms with Crippen molar-refractivity contribution in [1.29, 1.82) is 0 Å². The lowest BCUT2D eigenvalue weighted by Crippen LogP contribution is -2.29. The molecule has 1 fully saturated rings. The highest BCUT2D eigenvalue weighted by atomic mass is 32.2. The number of ether oxygens (including phenoxy) is 2. The van der Waals surface area contributed by atoms with Crippen LogP contribution in [0.3, 0.4) is 0 Å². The maximum atomic E-state index is 11.4. The van der Waals surface area contributed by atoms with E-state index in [2.05, 4.69) is 0 Å². The second-order valence-electron chi connectivity index (χ2n) is 4.56. The predicted molar refractivity (Wildman–Crippen MR) is 72.1 cm³/mol. The number of sulfone groups is 1. The van der Waals surface area contributed by atoms with E-state index in [0.717, 1.165) is 0 Å². The molecule has 6 nitrogen and oxygen atoms in total. The van der Waals surface area contributed by atoms with Crippen LogP contribution in [-0.2, 0) is 9.84 Å². The third-order valence-electron chi connectivity index (χ3n) is 2.95. The second kappa shape index (κ2) is 5.80. The van der Waals surface area contributed by atoms with Gasteiger partial charge in [0, 0.05) is 5.56 Å². The average Bonchev–Trinajstić information content (AvgIpc) is 2.64. The first-order chi connectivity index (χ1) is 9.45.